The molecule has 39 heavy (non-hydrogen) atoms. The number of benzene rings is 1. The monoisotopic (exact) mass is 542 g/mol. The topological polar surface area (TPSA) is 98.7 Å². The summed E-state index contributed by atoms with van der Waals surface area (Å²) in [4.78, 5) is 28.4. The molecule has 2 saturated carbocycles. The normalized spacial score (nSPS) is 20.3. The minimum absolute atomic E-state index is 0.0340. The van der Waals surface area contributed by atoms with Crippen LogP contribution in [0.15, 0.2) is 53.5 Å². The molecule has 2 aliphatic carbocycles. The molecule has 0 amide bonds. The van der Waals surface area contributed by atoms with Crippen molar-refractivity contribution >= 4 is 28.6 Å². The largest absolute Gasteiger partial charge is 0.351 e. The van der Waals surface area contributed by atoms with E-state index in [1.807, 2.05) is 60.2 Å². The van der Waals surface area contributed by atoms with E-state index in [-0.39, 0.29) is 17.6 Å². The van der Waals surface area contributed by atoms with E-state index in [4.69, 9.17) is 22.3 Å². The van der Waals surface area contributed by atoms with Crippen molar-refractivity contribution in [3.63, 3.8) is 0 Å². The van der Waals surface area contributed by atoms with Crippen molar-refractivity contribution < 1.29 is 0 Å². The molecule has 8 heteroatoms. The van der Waals surface area contributed by atoms with Gasteiger partial charge in [0.25, 0.3) is 5.56 Å². The first-order chi connectivity index (χ1) is 19.0. The van der Waals surface area contributed by atoms with Crippen LogP contribution in [-0.4, -0.2) is 31.6 Å². The highest BCUT2D eigenvalue weighted by atomic mass is 35.5. The second kappa shape index (κ2) is 11.1. The van der Waals surface area contributed by atoms with E-state index >= 15 is 0 Å². The van der Waals surface area contributed by atoms with Crippen LogP contribution in [0.3, 0.4) is 0 Å². The summed E-state index contributed by atoms with van der Waals surface area (Å²) < 4.78 is 1.89. The van der Waals surface area contributed by atoms with Gasteiger partial charge in [-0.15, -0.1) is 0 Å². The van der Waals surface area contributed by atoms with E-state index in [0.717, 1.165) is 60.9 Å². The van der Waals surface area contributed by atoms with Crippen molar-refractivity contribution in [3.05, 3.63) is 69.7 Å². The Morgan fingerprint density at radius 1 is 0.949 bits per heavy atom. The summed E-state index contributed by atoms with van der Waals surface area (Å²) >= 11 is 6.83. The van der Waals surface area contributed by atoms with E-state index in [1.165, 1.54) is 19.3 Å². The van der Waals surface area contributed by atoms with Gasteiger partial charge in [-0.3, -0.25) is 14.3 Å². The number of rotatable bonds is 5. The number of pyridine rings is 2. The summed E-state index contributed by atoms with van der Waals surface area (Å²) in [5, 5.41) is 4.87. The van der Waals surface area contributed by atoms with Crippen LogP contribution < -0.4 is 16.6 Å². The zero-order valence-electron chi connectivity index (χ0n) is 22.4. The van der Waals surface area contributed by atoms with Gasteiger partial charge in [0.05, 0.1) is 5.69 Å². The SMILES string of the molecule is Cc1cccc(-c2ccc(-c3cc4cnc(NC5CCCCC5)nc4n(C4CCC(N)CC4)c3=O)c(Cl)c2)n1. The summed E-state index contributed by atoms with van der Waals surface area (Å²) in [6, 6.07) is 14.2. The minimum atomic E-state index is -0.0754. The first kappa shape index (κ1) is 26.0. The lowest BCUT2D eigenvalue weighted by Crippen LogP contribution is -2.33. The van der Waals surface area contributed by atoms with Crippen molar-refractivity contribution in [1.29, 1.82) is 0 Å². The highest BCUT2D eigenvalue weighted by Crippen LogP contribution is 2.34. The lowest BCUT2D eigenvalue weighted by Gasteiger charge is -2.29. The molecule has 0 bridgehead atoms. The molecule has 2 fully saturated rings. The number of nitrogens with zero attached hydrogens (tertiary/aromatic N) is 4. The Labute approximate surface area is 233 Å². The van der Waals surface area contributed by atoms with Crippen LogP contribution in [0.1, 0.15) is 69.5 Å². The van der Waals surface area contributed by atoms with Crippen LogP contribution in [0.25, 0.3) is 33.4 Å². The van der Waals surface area contributed by atoms with Crippen LogP contribution in [-0.2, 0) is 0 Å². The number of halogens is 1. The Morgan fingerprint density at radius 3 is 2.49 bits per heavy atom. The highest BCUT2D eigenvalue weighted by molar-refractivity contribution is 6.33. The number of hydrogen-bond acceptors (Lipinski definition) is 6. The average molecular weight is 543 g/mol. The van der Waals surface area contributed by atoms with Crippen LogP contribution in [0, 0.1) is 6.92 Å². The Bertz CT molecular complexity index is 1550. The van der Waals surface area contributed by atoms with Gasteiger partial charge >= 0.3 is 0 Å². The molecule has 2 aliphatic rings. The Kier molecular flexibility index (Phi) is 7.36. The van der Waals surface area contributed by atoms with Gasteiger partial charge in [0.15, 0.2) is 0 Å². The highest BCUT2D eigenvalue weighted by Gasteiger charge is 2.26. The molecule has 3 N–H and O–H groups in total. The number of anilines is 1. The molecule has 0 atom stereocenters. The molecule has 7 nitrogen and oxygen atoms in total. The third-order valence-corrected chi connectivity index (χ3v) is 8.57. The first-order valence-corrected chi connectivity index (χ1v) is 14.5. The molecule has 0 aliphatic heterocycles. The maximum atomic E-state index is 14.2. The molecule has 3 aromatic heterocycles. The Hall–Kier alpha value is -3.29. The standard InChI is InChI=1S/C31H35ClN6O/c1-19-6-5-9-28(35-19)20-10-15-25(27(32)17-20)26-16-21-18-34-31(36-23-7-3-2-4-8-23)37-29(21)38(30(26)39)24-13-11-22(33)12-14-24/h5-6,9-10,15-18,22-24H,2-4,7-8,11-14,33H2,1H3,(H,34,36,37). The zero-order chi connectivity index (χ0) is 26.9. The molecule has 1 aromatic carbocycles. The lowest BCUT2D eigenvalue weighted by atomic mass is 9.91. The molecular formula is C31H35ClN6O. The van der Waals surface area contributed by atoms with Crippen LogP contribution in [0.2, 0.25) is 5.02 Å². The van der Waals surface area contributed by atoms with Crippen LogP contribution in [0.5, 0.6) is 0 Å². The predicted octanol–water partition coefficient (Wildman–Crippen LogP) is 6.67. The van der Waals surface area contributed by atoms with Gasteiger partial charge in [-0.05, 0) is 69.7 Å². The van der Waals surface area contributed by atoms with Crippen molar-refractivity contribution in [3.8, 4) is 22.4 Å². The molecule has 0 unspecified atom stereocenters. The molecule has 202 valence electrons. The number of aryl methyl sites for hydroxylation is 1. The van der Waals surface area contributed by atoms with Gasteiger partial charge in [-0.2, -0.15) is 4.98 Å². The fourth-order valence-electron chi connectivity index (χ4n) is 6.11. The maximum absolute atomic E-state index is 14.2. The second-order valence-electron chi connectivity index (χ2n) is 11.1. The minimum Gasteiger partial charge on any atom is -0.351 e. The van der Waals surface area contributed by atoms with Crippen LogP contribution in [0.4, 0.5) is 5.95 Å². The van der Waals surface area contributed by atoms with Crippen molar-refractivity contribution in [1.82, 2.24) is 19.5 Å². The van der Waals surface area contributed by atoms with Crippen molar-refractivity contribution in [2.45, 2.75) is 82.8 Å². The molecule has 0 saturated heterocycles. The maximum Gasteiger partial charge on any atom is 0.260 e. The summed E-state index contributed by atoms with van der Waals surface area (Å²) in [5.74, 6) is 0.593. The van der Waals surface area contributed by atoms with Gasteiger partial charge in [-0.1, -0.05) is 49.1 Å². The van der Waals surface area contributed by atoms with Crippen molar-refractivity contribution in [2.24, 2.45) is 5.73 Å². The van der Waals surface area contributed by atoms with E-state index < -0.39 is 0 Å². The number of hydrogen-bond donors (Lipinski definition) is 2. The van der Waals surface area contributed by atoms with E-state index in [1.54, 1.807) is 0 Å². The average Bonchev–Trinajstić information content (AvgIpc) is 2.94. The summed E-state index contributed by atoms with van der Waals surface area (Å²) in [5.41, 5.74) is 10.8. The molecule has 6 rings (SSSR count). The smallest absolute Gasteiger partial charge is 0.260 e. The summed E-state index contributed by atoms with van der Waals surface area (Å²) in [7, 11) is 0. The van der Waals surface area contributed by atoms with Gasteiger partial charge < -0.3 is 11.1 Å². The zero-order valence-corrected chi connectivity index (χ0v) is 23.1. The van der Waals surface area contributed by atoms with Crippen molar-refractivity contribution in [2.75, 3.05) is 5.32 Å². The molecule has 3 heterocycles. The van der Waals surface area contributed by atoms with Crippen LogP contribution >= 0.6 is 11.6 Å². The predicted molar refractivity (Wildman–Crippen MR) is 158 cm³/mol. The lowest BCUT2D eigenvalue weighted by molar-refractivity contribution is 0.323. The van der Waals surface area contributed by atoms with Gasteiger partial charge in [0.1, 0.15) is 5.65 Å². The number of nitrogens with two attached hydrogens (primary N) is 1. The van der Waals surface area contributed by atoms with Gasteiger partial charge in [0, 0.05) is 57.1 Å². The molecule has 0 spiro atoms. The quantitative estimate of drug-likeness (QED) is 0.292. The number of fused-ring (bicyclic) bond motifs is 1. The summed E-state index contributed by atoms with van der Waals surface area (Å²) in [6.07, 6.45) is 11.3. The molecule has 0 radical (unpaired) electrons. The first-order valence-electron chi connectivity index (χ1n) is 14.1. The van der Waals surface area contributed by atoms with Gasteiger partial charge in [0.2, 0.25) is 5.95 Å². The Morgan fingerprint density at radius 2 is 1.74 bits per heavy atom. The summed E-state index contributed by atoms with van der Waals surface area (Å²) in [6.45, 7) is 1.97. The Balaban J connectivity index is 1.44. The fourth-order valence-corrected chi connectivity index (χ4v) is 6.39. The van der Waals surface area contributed by atoms with E-state index in [2.05, 4.69) is 15.3 Å². The number of nitrogens with one attached hydrogen (secondary N) is 1. The third kappa shape index (κ3) is 5.43. The second-order valence-corrected chi connectivity index (χ2v) is 11.5. The van der Waals surface area contributed by atoms with E-state index in [0.29, 0.717) is 33.8 Å². The van der Waals surface area contributed by atoms with Gasteiger partial charge in [-0.25, -0.2) is 4.98 Å². The molecule has 4 aromatic rings. The van der Waals surface area contributed by atoms with E-state index in [9.17, 15) is 4.79 Å². The molecular weight excluding hydrogens is 508 g/mol. The fraction of sp³-hybridized carbons (Fsp3) is 0.419. The number of aromatic nitrogens is 4. The third-order valence-electron chi connectivity index (χ3n) is 8.26.